The third kappa shape index (κ3) is 6.92. The number of nitro groups is 1. The van der Waals surface area contributed by atoms with E-state index in [9.17, 15) is 14.9 Å². The number of non-ortho nitro benzene ring substituents is 1. The molecule has 1 aromatic heterocycles. The lowest BCUT2D eigenvalue weighted by Gasteiger charge is -2.13. The molecule has 3 aromatic carbocycles. The molecule has 0 atom stereocenters. The number of hydrogen-bond acceptors (Lipinski definition) is 5. The molecule has 1 heterocycles. The summed E-state index contributed by atoms with van der Waals surface area (Å²) in [6.45, 7) is 1.53. The van der Waals surface area contributed by atoms with E-state index in [2.05, 4.69) is 47.0 Å². The number of amides is 1. The van der Waals surface area contributed by atoms with E-state index in [1.165, 1.54) is 24.3 Å². The van der Waals surface area contributed by atoms with Crippen LogP contribution in [0.2, 0.25) is 0 Å². The maximum Gasteiger partial charge on any atom is 0.269 e. The second kappa shape index (κ2) is 13.4. The maximum absolute atomic E-state index is 12.1. The molecule has 0 aliphatic heterocycles. The van der Waals surface area contributed by atoms with Crippen LogP contribution >= 0.6 is 12.4 Å². The number of para-hydroxylation sites is 2. The highest BCUT2D eigenvalue weighted by Gasteiger charge is 2.09. The molecule has 0 saturated carbocycles. The molecule has 0 bridgehead atoms. The molecule has 8 heteroatoms. The summed E-state index contributed by atoms with van der Waals surface area (Å²) in [4.78, 5) is 27.1. The lowest BCUT2D eigenvalue weighted by Crippen LogP contribution is -2.24. The van der Waals surface area contributed by atoms with Gasteiger partial charge in [0.2, 0.25) is 0 Å². The number of carbonyl (C=O) groups is 1. The van der Waals surface area contributed by atoms with E-state index in [0.29, 0.717) is 12.1 Å². The van der Waals surface area contributed by atoms with E-state index in [-0.39, 0.29) is 24.0 Å². The topological polar surface area (TPSA) is 97.2 Å². The van der Waals surface area contributed by atoms with Gasteiger partial charge in [-0.05, 0) is 37.1 Å². The number of hydrogen-bond donors (Lipinski definition) is 2. The van der Waals surface area contributed by atoms with Crippen molar-refractivity contribution in [1.29, 1.82) is 0 Å². The van der Waals surface area contributed by atoms with Gasteiger partial charge in [0, 0.05) is 41.6 Å². The number of nitro benzene ring substituents is 1. The van der Waals surface area contributed by atoms with Crippen molar-refractivity contribution < 1.29 is 9.72 Å². The number of rotatable bonds is 12. The van der Waals surface area contributed by atoms with Crippen molar-refractivity contribution in [2.75, 3.05) is 18.4 Å². The van der Waals surface area contributed by atoms with Gasteiger partial charge in [-0.3, -0.25) is 14.9 Å². The van der Waals surface area contributed by atoms with Crippen molar-refractivity contribution >= 4 is 51.5 Å². The van der Waals surface area contributed by atoms with Gasteiger partial charge < -0.3 is 10.6 Å². The largest absolute Gasteiger partial charge is 0.384 e. The first-order chi connectivity index (χ1) is 17.1. The van der Waals surface area contributed by atoms with Gasteiger partial charge in [-0.2, -0.15) is 0 Å². The molecule has 0 saturated heterocycles. The number of nitrogens with one attached hydrogen (secondary N) is 2. The summed E-state index contributed by atoms with van der Waals surface area (Å²) in [6.07, 6.45) is 6.54. The molecule has 7 nitrogen and oxygen atoms in total. The van der Waals surface area contributed by atoms with Crippen LogP contribution in [0.3, 0.4) is 0 Å². The normalized spacial score (nSPS) is 10.7. The maximum atomic E-state index is 12.1. The zero-order chi connectivity index (χ0) is 24.5. The molecular formula is C28H31ClN4O3. The fourth-order valence-corrected chi connectivity index (χ4v) is 4.24. The van der Waals surface area contributed by atoms with Gasteiger partial charge in [0.15, 0.2) is 0 Å². The van der Waals surface area contributed by atoms with Crippen molar-refractivity contribution in [2.24, 2.45) is 0 Å². The summed E-state index contributed by atoms with van der Waals surface area (Å²) in [7, 11) is 0. The Morgan fingerprint density at radius 2 is 1.28 bits per heavy atom. The fourth-order valence-electron chi connectivity index (χ4n) is 4.24. The Kier molecular flexibility index (Phi) is 10.0. The second-order valence-electron chi connectivity index (χ2n) is 8.63. The quantitative estimate of drug-likeness (QED) is 0.0942. The van der Waals surface area contributed by atoms with E-state index in [1.54, 1.807) is 0 Å². The first kappa shape index (κ1) is 26.9. The Bertz CT molecular complexity index is 1260. The molecule has 36 heavy (non-hydrogen) atoms. The smallest absolute Gasteiger partial charge is 0.269 e. The highest BCUT2D eigenvalue weighted by atomic mass is 35.5. The highest BCUT2D eigenvalue weighted by Crippen LogP contribution is 2.30. The zero-order valence-corrected chi connectivity index (χ0v) is 20.9. The molecule has 4 aromatic rings. The van der Waals surface area contributed by atoms with Crippen molar-refractivity contribution in [1.82, 2.24) is 10.3 Å². The Morgan fingerprint density at radius 1 is 0.750 bits per heavy atom. The van der Waals surface area contributed by atoms with Crippen LogP contribution in [-0.2, 0) is 0 Å². The average Bonchev–Trinajstić information content (AvgIpc) is 2.89. The van der Waals surface area contributed by atoms with Crippen LogP contribution in [0.1, 0.15) is 48.9 Å². The summed E-state index contributed by atoms with van der Waals surface area (Å²) in [5.74, 6) is -0.192. The average molecular weight is 507 g/mol. The van der Waals surface area contributed by atoms with E-state index in [0.717, 1.165) is 72.6 Å². The van der Waals surface area contributed by atoms with Gasteiger partial charge in [0.25, 0.3) is 11.6 Å². The van der Waals surface area contributed by atoms with Crippen molar-refractivity contribution in [3.8, 4) is 0 Å². The summed E-state index contributed by atoms with van der Waals surface area (Å²) in [5.41, 5.74) is 3.61. The van der Waals surface area contributed by atoms with Crippen LogP contribution in [0, 0.1) is 10.1 Å². The molecule has 4 rings (SSSR count). The highest BCUT2D eigenvalue weighted by molar-refractivity contribution is 6.07. The van der Waals surface area contributed by atoms with Crippen LogP contribution in [0.25, 0.3) is 21.8 Å². The third-order valence-corrected chi connectivity index (χ3v) is 6.12. The summed E-state index contributed by atoms with van der Waals surface area (Å²) in [5, 5.41) is 19.5. The number of pyridine rings is 1. The van der Waals surface area contributed by atoms with E-state index in [4.69, 9.17) is 4.98 Å². The Labute approximate surface area is 216 Å². The Balaban J connectivity index is 0.00000361. The summed E-state index contributed by atoms with van der Waals surface area (Å²) in [6, 6.07) is 22.2. The fraction of sp³-hybridized carbons (Fsp3) is 0.286. The Hall–Kier alpha value is -3.71. The van der Waals surface area contributed by atoms with Crippen LogP contribution in [-0.4, -0.2) is 28.9 Å². The minimum absolute atomic E-state index is 0. The van der Waals surface area contributed by atoms with Crippen LogP contribution in [0.4, 0.5) is 11.4 Å². The summed E-state index contributed by atoms with van der Waals surface area (Å²) >= 11 is 0. The molecule has 0 aliphatic rings. The number of unbranched alkanes of at least 4 members (excludes halogenated alkanes) is 5. The molecule has 188 valence electrons. The van der Waals surface area contributed by atoms with Crippen molar-refractivity contribution in [2.45, 2.75) is 38.5 Å². The van der Waals surface area contributed by atoms with Crippen molar-refractivity contribution in [3.63, 3.8) is 0 Å². The predicted octanol–water partition coefficient (Wildman–Crippen LogP) is 6.90. The lowest BCUT2D eigenvalue weighted by atomic mass is 10.1. The number of nitrogens with zero attached hydrogens (tertiary/aromatic N) is 2. The second-order valence-corrected chi connectivity index (χ2v) is 8.63. The van der Waals surface area contributed by atoms with Crippen LogP contribution < -0.4 is 10.6 Å². The van der Waals surface area contributed by atoms with Gasteiger partial charge in [0.05, 0.1) is 21.6 Å². The van der Waals surface area contributed by atoms with E-state index >= 15 is 0 Å². The molecule has 0 spiro atoms. The molecule has 2 N–H and O–H groups in total. The van der Waals surface area contributed by atoms with Gasteiger partial charge in [-0.15, -0.1) is 12.4 Å². The first-order valence-corrected chi connectivity index (χ1v) is 12.2. The van der Waals surface area contributed by atoms with Gasteiger partial charge in [-0.1, -0.05) is 62.1 Å². The van der Waals surface area contributed by atoms with Gasteiger partial charge >= 0.3 is 0 Å². The van der Waals surface area contributed by atoms with Gasteiger partial charge in [0.1, 0.15) is 0 Å². The monoisotopic (exact) mass is 506 g/mol. The molecule has 1 amide bonds. The third-order valence-electron chi connectivity index (χ3n) is 6.12. The minimum atomic E-state index is -0.471. The van der Waals surface area contributed by atoms with Gasteiger partial charge in [-0.25, -0.2) is 4.98 Å². The van der Waals surface area contributed by atoms with E-state index < -0.39 is 4.92 Å². The number of benzene rings is 3. The number of fused-ring (bicyclic) bond motifs is 2. The molecule has 0 radical (unpaired) electrons. The zero-order valence-electron chi connectivity index (χ0n) is 20.1. The molecule has 0 unspecified atom stereocenters. The van der Waals surface area contributed by atoms with Crippen LogP contribution in [0.5, 0.6) is 0 Å². The minimum Gasteiger partial charge on any atom is -0.384 e. The van der Waals surface area contributed by atoms with Crippen molar-refractivity contribution in [3.05, 3.63) is 88.5 Å². The number of anilines is 1. The predicted molar refractivity (Wildman–Crippen MR) is 148 cm³/mol. The van der Waals surface area contributed by atoms with E-state index in [1.807, 2.05) is 12.1 Å². The number of halogens is 1. The molecular weight excluding hydrogens is 476 g/mol. The lowest BCUT2D eigenvalue weighted by molar-refractivity contribution is -0.384. The SMILES string of the molecule is Cl.O=C(NCCCCCCCCNc1c2ccccc2nc2ccccc12)c1ccc([N+](=O)[O-])cc1. The van der Waals surface area contributed by atoms with Crippen LogP contribution in [0.15, 0.2) is 72.8 Å². The number of aromatic nitrogens is 1. The number of carbonyl (C=O) groups excluding carboxylic acids is 1. The molecule has 0 aliphatic carbocycles. The first-order valence-electron chi connectivity index (χ1n) is 12.2. The Morgan fingerprint density at radius 3 is 1.86 bits per heavy atom. The summed E-state index contributed by atoms with van der Waals surface area (Å²) < 4.78 is 0. The standard InChI is InChI=1S/C28H30N4O3.ClH/c33-28(21-15-17-22(18-16-21)32(34)35)30-20-10-4-2-1-3-9-19-29-27-23-11-5-7-13-25(23)31-26-14-8-6-12-24(26)27;/h5-8,11-18H,1-4,9-10,19-20H2,(H,29,31)(H,30,33);1H. The molecule has 0 fully saturated rings.